The van der Waals surface area contributed by atoms with Gasteiger partial charge in [-0.1, -0.05) is 11.6 Å². The van der Waals surface area contributed by atoms with E-state index in [0.29, 0.717) is 29.4 Å². The molecule has 0 atom stereocenters. The van der Waals surface area contributed by atoms with Crippen molar-refractivity contribution in [2.24, 2.45) is 0 Å². The quantitative estimate of drug-likeness (QED) is 0.356. The number of nitrogens with zero attached hydrogens (tertiary/aromatic N) is 3. The number of ether oxygens (including phenoxy) is 1. The van der Waals surface area contributed by atoms with Gasteiger partial charge in [0.1, 0.15) is 11.6 Å². The maximum atomic E-state index is 12.9. The third-order valence-corrected chi connectivity index (χ3v) is 6.13. The Bertz CT molecular complexity index is 1440. The summed E-state index contributed by atoms with van der Waals surface area (Å²) in [4.78, 5) is 21.6. The Balaban J connectivity index is 1.55. The van der Waals surface area contributed by atoms with Crippen LogP contribution in [0.15, 0.2) is 60.4 Å². The van der Waals surface area contributed by atoms with E-state index in [-0.39, 0.29) is 10.7 Å². The lowest BCUT2D eigenvalue weighted by Crippen LogP contribution is -2.13. The van der Waals surface area contributed by atoms with Gasteiger partial charge in [-0.25, -0.2) is 18.4 Å². The molecule has 4 rings (SSSR count). The van der Waals surface area contributed by atoms with Crippen molar-refractivity contribution < 1.29 is 17.9 Å². The first kappa shape index (κ1) is 23.7. The van der Waals surface area contributed by atoms with Crippen molar-refractivity contribution >= 4 is 50.2 Å². The molecule has 1 aromatic carbocycles. The van der Waals surface area contributed by atoms with Crippen LogP contribution in [0.5, 0.6) is 5.75 Å². The van der Waals surface area contributed by atoms with Gasteiger partial charge in [-0.2, -0.15) is 0 Å². The van der Waals surface area contributed by atoms with Crippen LogP contribution in [0.3, 0.4) is 0 Å². The molecule has 0 aliphatic carbocycles. The Hall–Kier alpha value is -3.41. The van der Waals surface area contributed by atoms with Crippen molar-refractivity contribution in [2.75, 3.05) is 16.3 Å². The van der Waals surface area contributed by atoms with Crippen molar-refractivity contribution in [3.63, 3.8) is 0 Å². The Morgan fingerprint density at radius 1 is 1.18 bits per heavy atom. The summed E-state index contributed by atoms with van der Waals surface area (Å²) in [5.41, 5.74) is 1.74. The predicted molar refractivity (Wildman–Crippen MR) is 133 cm³/mol. The average Bonchev–Trinajstić information content (AvgIpc) is 3.40. The molecule has 176 valence electrons. The number of carbonyl (C=O) groups is 1. The molecule has 0 aliphatic heterocycles. The Kier molecular flexibility index (Phi) is 6.87. The fourth-order valence-electron chi connectivity index (χ4n) is 3.20. The number of benzene rings is 1. The molecule has 0 saturated heterocycles. The van der Waals surface area contributed by atoms with Gasteiger partial charge in [-0.05, 0) is 43.3 Å². The number of pyridine rings is 1. The van der Waals surface area contributed by atoms with Crippen LogP contribution in [-0.2, 0) is 16.6 Å². The number of amides is 1. The smallest absolute Gasteiger partial charge is 0.257 e. The molecule has 2 N–H and O–H groups in total. The zero-order chi connectivity index (χ0) is 24.3. The monoisotopic (exact) mass is 517 g/mol. The Morgan fingerprint density at radius 2 is 1.97 bits per heavy atom. The molecule has 4 aromatic rings. The maximum Gasteiger partial charge on any atom is 0.257 e. The van der Waals surface area contributed by atoms with Crippen molar-refractivity contribution in [3.8, 4) is 11.6 Å². The maximum absolute atomic E-state index is 12.9. The molecular weight excluding hydrogens is 498 g/mol. The van der Waals surface area contributed by atoms with Gasteiger partial charge in [0.2, 0.25) is 10.0 Å². The Labute approximate surface area is 205 Å². The molecule has 3 aromatic heterocycles. The number of hydrogen-bond acceptors (Lipinski definition) is 7. The van der Waals surface area contributed by atoms with Crippen LogP contribution >= 0.6 is 22.9 Å². The lowest BCUT2D eigenvalue weighted by atomic mass is 10.2. The van der Waals surface area contributed by atoms with Crippen LogP contribution in [0, 0.1) is 6.92 Å². The highest BCUT2D eigenvalue weighted by Gasteiger charge is 2.16. The first-order chi connectivity index (χ1) is 16.2. The normalized spacial score (nSPS) is 11.3. The summed E-state index contributed by atoms with van der Waals surface area (Å²) >= 11 is 7.58. The lowest BCUT2D eigenvalue weighted by Gasteiger charge is -2.11. The SMILES string of the molecule is Cc1cc(C(=O)Nc2cc(Cl)cc(NS(C)(=O)=O)c2)cn1-c1ncccc1OCc1nccs1. The number of nitrogens with one attached hydrogen (secondary N) is 2. The number of anilines is 2. The zero-order valence-corrected chi connectivity index (χ0v) is 20.5. The van der Waals surface area contributed by atoms with Crippen molar-refractivity contribution in [1.29, 1.82) is 0 Å². The zero-order valence-electron chi connectivity index (χ0n) is 18.1. The summed E-state index contributed by atoms with van der Waals surface area (Å²) in [5, 5.41) is 5.73. The number of aromatic nitrogens is 3. The van der Waals surface area contributed by atoms with Crippen LogP contribution in [0.4, 0.5) is 11.4 Å². The lowest BCUT2D eigenvalue weighted by molar-refractivity contribution is 0.102. The number of halogens is 1. The summed E-state index contributed by atoms with van der Waals surface area (Å²) in [7, 11) is -3.49. The second-order valence-corrected chi connectivity index (χ2v) is 10.5. The fraction of sp³-hybridized carbons (Fsp3) is 0.136. The van der Waals surface area contributed by atoms with E-state index in [1.54, 1.807) is 41.4 Å². The molecule has 9 nitrogen and oxygen atoms in total. The number of thiazole rings is 1. The summed E-state index contributed by atoms with van der Waals surface area (Å²) < 4.78 is 33.1. The van der Waals surface area contributed by atoms with Gasteiger partial charge in [0, 0.05) is 40.4 Å². The van der Waals surface area contributed by atoms with E-state index >= 15 is 0 Å². The first-order valence-electron chi connectivity index (χ1n) is 9.93. The molecule has 1 amide bonds. The summed E-state index contributed by atoms with van der Waals surface area (Å²) in [6, 6.07) is 9.76. The van der Waals surface area contributed by atoms with Crippen LogP contribution in [0.2, 0.25) is 5.02 Å². The summed E-state index contributed by atoms with van der Waals surface area (Å²) in [5.74, 6) is 0.697. The van der Waals surface area contributed by atoms with Crippen molar-refractivity contribution in [1.82, 2.24) is 14.5 Å². The van der Waals surface area contributed by atoms with E-state index in [0.717, 1.165) is 17.0 Å². The second kappa shape index (κ2) is 9.84. The third-order valence-electron chi connectivity index (χ3n) is 4.55. The first-order valence-corrected chi connectivity index (χ1v) is 13.1. The van der Waals surface area contributed by atoms with Gasteiger partial charge >= 0.3 is 0 Å². The molecule has 0 saturated carbocycles. The van der Waals surface area contributed by atoms with E-state index in [1.807, 2.05) is 12.3 Å². The minimum atomic E-state index is -3.49. The van der Waals surface area contributed by atoms with Crippen molar-refractivity contribution in [2.45, 2.75) is 13.5 Å². The molecule has 0 spiro atoms. The number of hydrogen-bond donors (Lipinski definition) is 2. The van der Waals surface area contributed by atoms with Gasteiger partial charge in [0.05, 0.1) is 17.5 Å². The van der Waals surface area contributed by atoms with Gasteiger partial charge in [-0.15, -0.1) is 11.3 Å². The highest BCUT2D eigenvalue weighted by molar-refractivity contribution is 7.92. The summed E-state index contributed by atoms with van der Waals surface area (Å²) in [6.45, 7) is 2.16. The van der Waals surface area contributed by atoms with Crippen LogP contribution in [0.1, 0.15) is 21.1 Å². The number of aryl methyl sites for hydroxylation is 1. The molecule has 0 fully saturated rings. The minimum absolute atomic E-state index is 0.245. The standard InChI is InChI=1S/C22H20ClN5O4S2/c1-14-8-15(22(29)26-17-9-16(23)10-18(11-17)27-34(2,30)31)12-28(14)21-19(4-3-5-25-21)32-13-20-24-6-7-33-20/h3-12,27H,13H2,1-2H3,(H,26,29). The molecule has 0 aliphatic rings. The number of carbonyl (C=O) groups excluding carboxylic acids is 1. The van der Waals surface area contributed by atoms with Gasteiger partial charge in [-0.3, -0.25) is 9.52 Å². The van der Waals surface area contributed by atoms with Crippen molar-refractivity contribution in [3.05, 3.63) is 81.7 Å². The number of rotatable bonds is 8. The minimum Gasteiger partial charge on any atom is -0.483 e. The second-order valence-electron chi connectivity index (χ2n) is 7.34. The van der Waals surface area contributed by atoms with Crippen LogP contribution in [-0.4, -0.2) is 35.1 Å². The van der Waals surface area contributed by atoms with E-state index in [4.69, 9.17) is 16.3 Å². The van der Waals surface area contributed by atoms with Gasteiger partial charge in [0.15, 0.2) is 11.6 Å². The van der Waals surface area contributed by atoms with E-state index in [1.165, 1.54) is 29.5 Å². The highest BCUT2D eigenvalue weighted by atomic mass is 35.5. The van der Waals surface area contributed by atoms with Gasteiger partial charge < -0.3 is 14.6 Å². The highest BCUT2D eigenvalue weighted by Crippen LogP contribution is 2.26. The average molecular weight is 518 g/mol. The molecule has 3 heterocycles. The molecule has 34 heavy (non-hydrogen) atoms. The predicted octanol–water partition coefficient (Wildman–Crippen LogP) is 4.49. The van der Waals surface area contributed by atoms with Crippen LogP contribution < -0.4 is 14.8 Å². The summed E-state index contributed by atoms with van der Waals surface area (Å²) in [6.07, 6.45) is 6.05. The largest absolute Gasteiger partial charge is 0.483 e. The molecule has 12 heteroatoms. The Morgan fingerprint density at radius 3 is 2.71 bits per heavy atom. The van der Waals surface area contributed by atoms with Gasteiger partial charge in [0.25, 0.3) is 5.91 Å². The molecular formula is C22H20ClN5O4S2. The molecule has 0 bridgehead atoms. The van der Waals surface area contributed by atoms with E-state index in [2.05, 4.69) is 20.0 Å². The van der Waals surface area contributed by atoms with Crippen LogP contribution in [0.25, 0.3) is 5.82 Å². The molecule has 0 radical (unpaired) electrons. The molecule has 0 unspecified atom stereocenters. The topological polar surface area (TPSA) is 115 Å². The number of sulfonamides is 1. The fourth-order valence-corrected chi connectivity index (χ4v) is 4.51. The third kappa shape index (κ3) is 5.93. The van der Waals surface area contributed by atoms with E-state index in [9.17, 15) is 13.2 Å². The van der Waals surface area contributed by atoms with E-state index < -0.39 is 15.9 Å².